The minimum absolute atomic E-state index is 0.0676. The van der Waals surface area contributed by atoms with Gasteiger partial charge >= 0.3 is 0 Å². The molecule has 0 spiro atoms. The summed E-state index contributed by atoms with van der Waals surface area (Å²) in [6.45, 7) is 0. The summed E-state index contributed by atoms with van der Waals surface area (Å²) in [7, 11) is 1.66. The summed E-state index contributed by atoms with van der Waals surface area (Å²) in [5.41, 5.74) is 7.60. The number of fused-ring (bicyclic) bond motifs is 1. The Bertz CT molecular complexity index is 1320. The average molecular weight is 423 g/mol. The van der Waals surface area contributed by atoms with E-state index in [0.717, 1.165) is 39.0 Å². The van der Waals surface area contributed by atoms with E-state index in [1.54, 1.807) is 19.2 Å². The maximum atomic E-state index is 11.1. The standard InChI is InChI=1S/C26H21N3O3/c1-32-22-14-15-23-19(16-22)8-5-9-24(23)26-17-25(18-6-3-2-4-7-18)27-28(26)20-10-12-21(13-11-20)29(30)31/h2-17,26-27H,1H3. The van der Waals surface area contributed by atoms with Crippen LogP contribution < -0.4 is 15.2 Å². The molecular weight excluding hydrogens is 402 g/mol. The molecule has 0 aliphatic carbocycles. The van der Waals surface area contributed by atoms with Gasteiger partial charge in [-0.3, -0.25) is 20.5 Å². The summed E-state index contributed by atoms with van der Waals surface area (Å²) in [5.74, 6) is 0.812. The predicted molar refractivity (Wildman–Crippen MR) is 126 cm³/mol. The average Bonchev–Trinajstić information content (AvgIpc) is 3.29. The number of hydrogen-bond acceptors (Lipinski definition) is 5. The van der Waals surface area contributed by atoms with Crippen molar-refractivity contribution in [2.24, 2.45) is 0 Å². The van der Waals surface area contributed by atoms with Gasteiger partial charge in [-0.2, -0.15) is 0 Å². The first-order chi connectivity index (χ1) is 15.6. The lowest BCUT2D eigenvalue weighted by atomic mass is 9.97. The lowest BCUT2D eigenvalue weighted by Gasteiger charge is -2.28. The van der Waals surface area contributed by atoms with Crippen LogP contribution in [-0.4, -0.2) is 12.0 Å². The van der Waals surface area contributed by atoms with E-state index in [0.29, 0.717) is 0 Å². The van der Waals surface area contributed by atoms with Crippen molar-refractivity contribution in [1.82, 2.24) is 5.43 Å². The number of nitrogens with one attached hydrogen (secondary N) is 1. The van der Waals surface area contributed by atoms with Crippen LogP contribution in [0.3, 0.4) is 0 Å². The number of benzene rings is 4. The number of non-ortho nitro benzene ring substituents is 1. The zero-order valence-corrected chi connectivity index (χ0v) is 17.4. The molecule has 4 aromatic carbocycles. The maximum Gasteiger partial charge on any atom is 0.269 e. The van der Waals surface area contributed by atoms with Crippen LogP contribution in [0.2, 0.25) is 0 Å². The Hall–Kier alpha value is -4.32. The molecule has 4 aromatic rings. The third-order valence-corrected chi connectivity index (χ3v) is 5.71. The highest BCUT2D eigenvalue weighted by Crippen LogP contribution is 2.38. The number of hydrogen-bond donors (Lipinski definition) is 1. The molecule has 1 heterocycles. The van der Waals surface area contributed by atoms with Crippen molar-refractivity contribution in [2.75, 3.05) is 12.1 Å². The van der Waals surface area contributed by atoms with E-state index >= 15 is 0 Å². The van der Waals surface area contributed by atoms with Crippen LogP contribution in [0.15, 0.2) is 97.1 Å². The predicted octanol–water partition coefficient (Wildman–Crippen LogP) is 5.86. The van der Waals surface area contributed by atoms with Crippen molar-refractivity contribution in [3.8, 4) is 5.75 Å². The first-order valence-corrected chi connectivity index (χ1v) is 10.3. The summed E-state index contributed by atoms with van der Waals surface area (Å²) in [6, 6.07) is 28.9. The summed E-state index contributed by atoms with van der Waals surface area (Å²) < 4.78 is 5.39. The van der Waals surface area contributed by atoms with Crippen LogP contribution in [0.5, 0.6) is 5.75 Å². The van der Waals surface area contributed by atoms with Crippen LogP contribution in [0.4, 0.5) is 11.4 Å². The van der Waals surface area contributed by atoms with Crippen molar-refractivity contribution in [1.29, 1.82) is 0 Å². The number of nitro benzene ring substituents is 1. The lowest BCUT2D eigenvalue weighted by Crippen LogP contribution is -2.34. The molecule has 0 aromatic heterocycles. The minimum Gasteiger partial charge on any atom is -0.497 e. The van der Waals surface area contributed by atoms with Gasteiger partial charge in [0.15, 0.2) is 0 Å². The molecule has 0 saturated carbocycles. The van der Waals surface area contributed by atoms with Gasteiger partial charge < -0.3 is 4.74 Å². The summed E-state index contributed by atoms with van der Waals surface area (Å²) in [6.07, 6.45) is 2.19. The number of rotatable bonds is 5. The quantitative estimate of drug-likeness (QED) is 0.321. The Morgan fingerprint density at radius 3 is 2.44 bits per heavy atom. The maximum absolute atomic E-state index is 11.1. The molecule has 32 heavy (non-hydrogen) atoms. The number of hydrazine groups is 1. The molecule has 0 bridgehead atoms. The van der Waals surface area contributed by atoms with Gasteiger partial charge in [-0.15, -0.1) is 0 Å². The molecule has 0 saturated heterocycles. The van der Waals surface area contributed by atoms with Crippen LogP contribution >= 0.6 is 0 Å². The highest BCUT2D eigenvalue weighted by atomic mass is 16.6. The van der Waals surface area contributed by atoms with Crippen molar-refractivity contribution < 1.29 is 9.66 Å². The molecule has 1 aliphatic rings. The molecule has 0 fully saturated rings. The van der Waals surface area contributed by atoms with Crippen molar-refractivity contribution in [2.45, 2.75) is 6.04 Å². The smallest absolute Gasteiger partial charge is 0.269 e. The molecule has 1 unspecified atom stereocenters. The van der Waals surface area contributed by atoms with Crippen LogP contribution in [0.25, 0.3) is 16.5 Å². The highest BCUT2D eigenvalue weighted by Gasteiger charge is 2.28. The van der Waals surface area contributed by atoms with Crippen LogP contribution in [0.1, 0.15) is 17.2 Å². The SMILES string of the molecule is COc1ccc2c(C3C=C(c4ccccc4)NN3c3ccc([N+](=O)[O-])cc3)cccc2c1. The molecule has 5 rings (SSSR count). The van der Waals surface area contributed by atoms with Gasteiger partial charge in [0.05, 0.1) is 29.5 Å². The van der Waals surface area contributed by atoms with Gasteiger partial charge in [-0.25, -0.2) is 0 Å². The summed E-state index contributed by atoms with van der Waals surface area (Å²) >= 11 is 0. The third-order valence-electron chi connectivity index (χ3n) is 5.71. The van der Waals surface area contributed by atoms with Gasteiger partial charge in [0.2, 0.25) is 0 Å². The second-order valence-corrected chi connectivity index (χ2v) is 7.58. The Morgan fingerprint density at radius 1 is 0.938 bits per heavy atom. The lowest BCUT2D eigenvalue weighted by molar-refractivity contribution is -0.384. The highest BCUT2D eigenvalue weighted by molar-refractivity contribution is 5.89. The number of anilines is 1. The topological polar surface area (TPSA) is 67.6 Å². The first kappa shape index (κ1) is 19.6. The van der Waals surface area contributed by atoms with Gasteiger partial charge in [-0.1, -0.05) is 54.6 Å². The van der Waals surface area contributed by atoms with Crippen molar-refractivity contribution in [3.05, 3.63) is 118 Å². The second kappa shape index (κ2) is 8.07. The fraction of sp³-hybridized carbons (Fsp3) is 0.0769. The summed E-state index contributed by atoms with van der Waals surface area (Å²) in [5, 5.41) is 15.4. The van der Waals surface area contributed by atoms with E-state index in [9.17, 15) is 10.1 Å². The Morgan fingerprint density at radius 2 is 1.72 bits per heavy atom. The van der Waals surface area contributed by atoms with E-state index in [2.05, 4.69) is 41.8 Å². The molecule has 0 radical (unpaired) electrons. The molecular formula is C26H21N3O3. The Balaban J connectivity index is 1.62. The molecule has 1 aliphatic heterocycles. The molecule has 6 nitrogen and oxygen atoms in total. The van der Waals surface area contributed by atoms with E-state index in [4.69, 9.17) is 4.74 Å². The number of nitro groups is 1. The molecule has 0 amide bonds. The number of nitrogens with zero attached hydrogens (tertiary/aromatic N) is 2. The van der Waals surface area contributed by atoms with Gasteiger partial charge in [-0.05, 0) is 52.2 Å². The summed E-state index contributed by atoms with van der Waals surface area (Å²) in [4.78, 5) is 10.7. The van der Waals surface area contributed by atoms with Gasteiger partial charge in [0.1, 0.15) is 5.75 Å². The van der Waals surface area contributed by atoms with E-state index < -0.39 is 0 Å². The fourth-order valence-corrected chi connectivity index (χ4v) is 4.11. The zero-order valence-electron chi connectivity index (χ0n) is 17.4. The van der Waals surface area contributed by atoms with E-state index in [1.165, 1.54) is 12.1 Å². The monoisotopic (exact) mass is 423 g/mol. The normalized spacial score (nSPS) is 15.3. The third kappa shape index (κ3) is 3.52. The molecule has 1 atom stereocenters. The zero-order chi connectivity index (χ0) is 22.1. The van der Waals surface area contributed by atoms with Gasteiger partial charge in [0.25, 0.3) is 5.69 Å². The van der Waals surface area contributed by atoms with Crippen LogP contribution in [-0.2, 0) is 0 Å². The Kier molecular flexibility index (Phi) is 4.95. The fourth-order valence-electron chi connectivity index (χ4n) is 4.11. The first-order valence-electron chi connectivity index (χ1n) is 10.3. The minimum atomic E-state index is -0.385. The number of methoxy groups -OCH3 is 1. The van der Waals surface area contributed by atoms with E-state index in [-0.39, 0.29) is 16.7 Å². The van der Waals surface area contributed by atoms with Crippen LogP contribution in [0, 0.1) is 10.1 Å². The molecule has 158 valence electrons. The van der Waals surface area contributed by atoms with E-state index in [1.807, 2.05) is 41.4 Å². The Labute approximate surface area is 185 Å². The number of ether oxygens (including phenoxy) is 1. The second-order valence-electron chi connectivity index (χ2n) is 7.58. The molecule has 1 N–H and O–H groups in total. The largest absolute Gasteiger partial charge is 0.497 e. The van der Waals surface area contributed by atoms with Crippen molar-refractivity contribution in [3.63, 3.8) is 0 Å². The molecule has 6 heteroatoms. The van der Waals surface area contributed by atoms with Gasteiger partial charge in [0, 0.05) is 12.1 Å². The van der Waals surface area contributed by atoms with Crippen molar-refractivity contribution >= 4 is 27.8 Å².